The molecule has 0 saturated carbocycles. The van der Waals surface area contributed by atoms with E-state index < -0.39 is 6.04 Å². The Labute approximate surface area is 149 Å². The third kappa shape index (κ3) is 5.03. The summed E-state index contributed by atoms with van der Waals surface area (Å²) in [4.78, 5) is 28.6. The Morgan fingerprint density at radius 2 is 2.00 bits per heavy atom. The van der Waals surface area contributed by atoms with Crippen LogP contribution >= 0.6 is 0 Å². The molecule has 0 saturated heterocycles. The number of carbonyl (C=O) groups is 2. The fourth-order valence-corrected chi connectivity index (χ4v) is 3.21. The van der Waals surface area contributed by atoms with E-state index in [9.17, 15) is 14.7 Å². The lowest BCUT2D eigenvalue weighted by atomic mass is 9.94. The van der Waals surface area contributed by atoms with E-state index in [0.29, 0.717) is 19.5 Å². The Hall–Kier alpha value is -1.92. The summed E-state index contributed by atoms with van der Waals surface area (Å²) in [7, 11) is 1.35. The number of nitrogens with zero attached hydrogens (tertiary/aromatic N) is 2. The first-order chi connectivity index (χ1) is 12.1. The van der Waals surface area contributed by atoms with Crippen molar-refractivity contribution in [1.29, 1.82) is 0 Å². The number of esters is 1. The lowest BCUT2D eigenvalue weighted by Crippen LogP contribution is -2.52. The third-order valence-electron chi connectivity index (χ3n) is 4.65. The second-order valence-corrected chi connectivity index (χ2v) is 6.39. The van der Waals surface area contributed by atoms with E-state index in [4.69, 9.17) is 4.74 Å². The summed E-state index contributed by atoms with van der Waals surface area (Å²) in [5.41, 5.74) is 2.15. The van der Waals surface area contributed by atoms with Gasteiger partial charge >= 0.3 is 5.97 Å². The molecule has 0 spiro atoms. The van der Waals surface area contributed by atoms with Crippen molar-refractivity contribution in [2.45, 2.75) is 38.8 Å². The molecule has 1 N–H and O–H groups in total. The van der Waals surface area contributed by atoms with Crippen molar-refractivity contribution >= 4 is 11.9 Å². The molecule has 6 nitrogen and oxygen atoms in total. The van der Waals surface area contributed by atoms with Gasteiger partial charge in [0.1, 0.15) is 6.04 Å². The number of hydrogen-bond donors (Lipinski definition) is 1. The van der Waals surface area contributed by atoms with Crippen molar-refractivity contribution in [3.05, 3.63) is 35.4 Å². The van der Waals surface area contributed by atoms with Gasteiger partial charge in [-0.25, -0.2) is 4.79 Å². The number of carbonyl (C=O) groups excluding carboxylic acids is 2. The first-order valence-corrected chi connectivity index (χ1v) is 8.88. The fraction of sp³-hybridized carbons (Fsp3) is 0.579. The molecule has 0 aliphatic carbocycles. The molecule has 1 aromatic rings. The van der Waals surface area contributed by atoms with Crippen LogP contribution in [0.2, 0.25) is 0 Å². The van der Waals surface area contributed by atoms with E-state index in [-0.39, 0.29) is 25.0 Å². The van der Waals surface area contributed by atoms with Gasteiger partial charge in [-0.2, -0.15) is 0 Å². The van der Waals surface area contributed by atoms with Crippen LogP contribution in [0.3, 0.4) is 0 Å². The molecule has 0 aromatic heterocycles. The number of aliphatic hydroxyl groups excluding tert-OH is 1. The van der Waals surface area contributed by atoms with Crippen LogP contribution in [0.15, 0.2) is 24.3 Å². The summed E-state index contributed by atoms with van der Waals surface area (Å²) < 4.78 is 4.92. The average Bonchev–Trinajstić information content (AvgIpc) is 2.64. The van der Waals surface area contributed by atoms with E-state index in [1.54, 1.807) is 4.90 Å². The third-order valence-corrected chi connectivity index (χ3v) is 4.65. The number of methoxy groups -OCH3 is 1. The molecule has 1 atom stereocenters. The molecular formula is C19H28N2O4. The molecule has 1 amide bonds. The van der Waals surface area contributed by atoms with Crippen molar-refractivity contribution in [3.8, 4) is 0 Å². The maximum absolute atomic E-state index is 12.9. The van der Waals surface area contributed by atoms with Gasteiger partial charge in [0.05, 0.1) is 20.3 Å². The number of benzene rings is 1. The second kappa shape index (κ2) is 9.53. The van der Waals surface area contributed by atoms with Gasteiger partial charge in [-0.15, -0.1) is 0 Å². The molecule has 1 aliphatic heterocycles. The number of rotatable bonds is 8. The van der Waals surface area contributed by atoms with Crippen molar-refractivity contribution < 1.29 is 19.4 Å². The topological polar surface area (TPSA) is 70.1 Å². The summed E-state index contributed by atoms with van der Waals surface area (Å²) in [6.45, 7) is 3.94. The SMILES string of the molecule is CCCCN(CCO)CC(=O)N1Cc2ccccc2C[C@@H]1C(=O)OC. The molecule has 6 heteroatoms. The highest BCUT2D eigenvalue weighted by Crippen LogP contribution is 2.24. The minimum absolute atomic E-state index is 0.0141. The van der Waals surface area contributed by atoms with Crippen LogP contribution in [0.4, 0.5) is 0 Å². The molecule has 1 aliphatic rings. The molecular weight excluding hydrogens is 320 g/mol. The standard InChI is InChI=1S/C19H28N2O4/c1-3-4-9-20(10-11-22)14-18(23)21-13-16-8-6-5-7-15(16)12-17(21)19(24)25-2/h5-8,17,22H,3-4,9-14H2,1-2H3/t17-/m1/s1. The predicted octanol–water partition coefficient (Wildman–Crippen LogP) is 1.21. The smallest absolute Gasteiger partial charge is 0.328 e. The van der Waals surface area contributed by atoms with Crippen molar-refractivity contribution in [3.63, 3.8) is 0 Å². The maximum atomic E-state index is 12.9. The highest BCUT2D eigenvalue weighted by Gasteiger charge is 2.35. The Kier molecular flexibility index (Phi) is 7.40. The highest BCUT2D eigenvalue weighted by atomic mass is 16.5. The zero-order valence-electron chi connectivity index (χ0n) is 15.1. The van der Waals surface area contributed by atoms with Crippen LogP contribution in [0, 0.1) is 0 Å². The molecule has 1 aromatic carbocycles. The molecule has 1 heterocycles. The lowest BCUT2D eigenvalue weighted by molar-refractivity contribution is -0.154. The van der Waals surface area contributed by atoms with Crippen LogP contribution in [-0.4, -0.2) is 66.2 Å². The van der Waals surface area contributed by atoms with Gasteiger partial charge in [-0.05, 0) is 24.1 Å². The summed E-state index contributed by atoms with van der Waals surface area (Å²) in [6, 6.07) is 7.28. The summed E-state index contributed by atoms with van der Waals surface area (Å²) >= 11 is 0. The number of ether oxygens (including phenoxy) is 1. The Balaban J connectivity index is 2.15. The quantitative estimate of drug-likeness (QED) is 0.715. The number of fused-ring (bicyclic) bond motifs is 1. The highest BCUT2D eigenvalue weighted by molar-refractivity contribution is 5.86. The summed E-state index contributed by atoms with van der Waals surface area (Å²) in [6.07, 6.45) is 2.47. The molecule has 25 heavy (non-hydrogen) atoms. The van der Waals surface area contributed by atoms with Crippen LogP contribution in [0.25, 0.3) is 0 Å². The zero-order valence-corrected chi connectivity index (χ0v) is 15.1. The Morgan fingerprint density at radius 3 is 2.64 bits per heavy atom. The predicted molar refractivity (Wildman–Crippen MR) is 94.9 cm³/mol. The van der Waals surface area contributed by atoms with Gasteiger partial charge in [0.2, 0.25) is 5.91 Å². The minimum atomic E-state index is -0.588. The Morgan fingerprint density at radius 1 is 1.28 bits per heavy atom. The van der Waals surface area contributed by atoms with Gasteiger partial charge in [-0.3, -0.25) is 9.69 Å². The first-order valence-electron chi connectivity index (χ1n) is 8.88. The number of hydrogen-bond acceptors (Lipinski definition) is 5. The van der Waals surface area contributed by atoms with Gasteiger partial charge in [0.25, 0.3) is 0 Å². The van der Waals surface area contributed by atoms with E-state index in [1.165, 1.54) is 7.11 Å². The number of amides is 1. The normalized spacial score (nSPS) is 16.6. The number of aliphatic hydroxyl groups is 1. The molecule has 138 valence electrons. The van der Waals surface area contributed by atoms with Gasteiger partial charge in [-0.1, -0.05) is 37.6 Å². The monoisotopic (exact) mass is 348 g/mol. The van der Waals surface area contributed by atoms with Crippen LogP contribution in [0.5, 0.6) is 0 Å². The summed E-state index contributed by atoms with van der Waals surface area (Å²) in [5.74, 6) is -0.487. The summed E-state index contributed by atoms with van der Waals surface area (Å²) in [5, 5.41) is 9.23. The van der Waals surface area contributed by atoms with E-state index in [2.05, 4.69) is 6.92 Å². The minimum Gasteiger partial charge on any atom is -0.467 e. The Bertz CT molecular complexity index is 591. The molecule has 0 fully saturated rings. The van der Waals surface area contributed by atoms with Crippen LogP contribution < -0.4 is 0 Å². The van der Waals surface area contributed by atoms with Gasteiger partial charge in [0, 0.05) is 19.5 Å². The maximum Gasteiger partial charge on any atom is 0.328 e. The van der Waals surface area contributed by atoms with Gasteiger partial charge < -0.3 is 14.7 Å². The van der Waals surface area contributed by atoms with Crippen LogP contribution in [-0.2, 0) is 27.3 Å². The molecule has 0 bridgehead atoms. The first kappa shape index (κ1) is 19.4. The van der Waals surface area contributed by atoms with E-state index >= 15 is 0 Å². The second-order valence-electron chi connectivity index (χ2n) is 6.39. The van der Waals surface area contributed by atoms with Crippen molar-refractivity contribution in [2.75, 3.05) is 33.4 Å². The molecule has 2 rings (SSSR count). The van der Waals surface area contributed by atoms with Crippen molar-refractivity contribution in [2.24, 2.45) is 0 Å². The molecule has 0 radical (unpaired) electrons. The van der Waals surface area contributed by atoms with Crippen molar-refractivity contribution in [1.82, 2.24) is 9.80 Å². The lowest BCUT2D eigenvalue weighted by Gasteiger charge is -2.36. The average molecular weight is 348 g/mol. The molecule has 0 unspecified atom stereocenters. The van der Waals surface area contributed by atoms with Crippen LogP contribution in [0.1, 0.15) is 30.9 Å². The zero-order chi connectivity index (χ0) is 18.2. The van der Waals surface area contributed by atoms with E-state index in [0.717, 1.165) is 30.5 Å². The largest absolute Gasteiger partial charge is 0.467 e. The number of unbranched alkanes of at least 4 members (excludes halogenated alkanes) is 1. The van der Waals surface area contributed by atoms with E-state index in [1.807, 2.05) is 29.2 Å². The fourth-order valence-electron chi connectivity index (χ4n) is 3.21. The van der Waals surface area contributed by atoms with Gasteiger partial charge in [0.15, 0.2) is 0 Å².